The lowest BCUT2D eigenvalue weighted by molar-refractivity contribution is -0.116. The van der Waals surface area contributed by atoms with Gasteiger partial charge in [-0.25, -0.2) is 4.79 Å². The van der Waals surface area contributed by atoms with Crippen LogP contribution < -0.4 is 5.32 Å². The Labute approximate surface area is 190 Å². The molecule has 2 heterocycles. The number of fused-ring (bicyclic) bond motifs is 1. The van der Waals surface area contributed by atoms with E-state index in [2.05, 4.69) is 10.5 Å². The minimum atomic E-state index is -0.867. The fourth-order valence-corrected chi connectivity index (χ4v) is 3.83. The molecule has 1 aromatic heterocycles. The molecule has 1 aliphatic heterocycles. The van der Waals surface area contributed by atoms with Crippen LogP contribution in [0, 0.1) is 0 Å². The molecule has 162 valence electrons. The Balaban J connectivity index is 1.62. The van der Waals surface area contributed by atoms with Crippen molar-refractivity contribution in [2.24, 2.45) is 0 Å². The van der Waals surface area contributed by atoms with Gasteiger partial charge in [-0.05, 0) is 24.3 Å². The second kappa shape index (κ2) is 8.45. The number of nitrogens with zero attached hydrogens (tertiary/aromatic N) is 2. The minimum Gasteiger partial charge on any atom is -0.465 e. The first-order valence-corrected chi connectivity index (χ1v) is 9.86. The average molecular weight is 474 g/mol. The van der Waals surface area contributed by atoms with Crippen molar-refractivity contribution in [2.45, 2.75) is 0 Å². The van der Waals surface area contributed by atoms with Crippen LogP contribution in [0.1, 0.15) is 31.1 Å². The maximum absolute atomic E-state index is 12.6. The van der Waals surface area contributed by atoms with Gasteiger partial charge in [-0.3, -0.25) is 24.6 Å². The normalized spacial score (nSPS) is 12.7. The van der Waals surface area contributed by atoms with Gasteiger partial charge in [-0.2, -0.15) is 0 Å². The number of hydrogen-bond acceptors (Lipinski definition) is 7. The number of hydrogen-bond donors (Lipinski definition) is 1. The number of imide groups is 1. The number of rotatable bonds is 5. The number of methoxy groups -OCH3 is 1. The lowest BCUT2D eigenvalue weighted by Crippen LogP contribution is -2.37. The molecular formula is C21H13Cl2N3O6. The summed E-state index contributed by atoms with van der Waals surface area (Å²) in [4.78, 5) is 50.7. The summed E-state index contributed by atoms with van der Waals surface area (Å²) in [6.07, 6.45) is 0. The van der Waals surface area contributed by atoms with Crippen molar-refractivity contribution in [3.05, 3.63) is 69.2 Å². The molecule has 1 aliphatic rings. The Morgan fingerprint density at radius 1 is 1.03 bits per heavy atom. The molecule has 0 saturated heterocycles. The third-order valence-corrected chi connectivity index (χ3v) is 5.34. The van der Waals surface area contributed by atoms with E-state index in [0.29, 0.717) is 0 Å². The number of ether oxygens (including phenoxy) is 1. The van der Waals surface area contributed by atoms with Crippen LogP contribution >= 0.6 is 23.2 Å². The number of carbonyl (C=O) groups excluding carboxylic acids is 4. The minimum absolute atomic E-state index is 0.0384. The highest BCUT2D eigenvalue weighted by Gasteiger charge is 2.37. The van der Waals surface area contributed by atoms with Gasteiger partial charge in [0.05, 0.1) is 28.3 Å². The summed E-state index contributed by atoms with van der Waals surface area (Å²) >= 11 is 12.4. The zero-order valence-electron chi connectivity index (χ0n) is 16.3. The van der Waals surface area contributed by atoms with E-state index < -0.39 is 30.2 Å². The number of benzene rings is 2. The summed E-state index contributed by atoms with van der Waals surface area (Å²) < 4.78 is 9.92. The highest BCUT2D eigenvalue weighted by molar-refractivity contribution is 6.39. The molecule has 9 nitrogen and oxygen atoms in total. The van der Waals surface area contributed by atoms with E-state index >= 15 is 0 Å². The Bertz CT molecular complexity index is 1230. The fraction of sp³-hybridized carbons (Fsp3) is 0.0952. The Morgan fingerprint density at radius 3 is 2.19 bits per heavy atom. The van der Waals surface area contributed by atoms with E-state index in [0.717, 1.165) is 12.0 Å². The summed E-state index contributed by atoms with van der Waals surface area (Å²) in [5, 5.41) is 6.55. The molecule has 0 radical (unpaired) electrons. The van der Waals surface area contributed by atoms with E-state index in [4.69, 9.17) is 32.5 Å². The van der Waals surface area contributed by atoms with Crippen molar-refractivity contribution in [1.82, 2.24) is 10.1 Å². The molecule has 2 aromatic carbocycles. The maximum Gasteiger partial charge on any atom is 0.345 e. The van der Waals surface area contributed by atoms with Crippen molar-refractivity contribution >= 4 is 52.8 Å². The summed E-state index contributed by atoms with van der Waals surface area (Å²) in [5.41, 5.74) is 0.356. The number of carbonyl (C=O) groups is 4. The van der Waals surface area contributed by atoms with Crippen LogP contribution in [0.2, 0.25) is 10.0 Å². The number of halogens is 2. The molecule has 3 aromatic rings. The third-order valence-electron chi connectivity index (χ3n) is 4.71. The maximum atomic E-state index is 12.6. The van der Waals surface area contributed by atoms with Crippen LogP contribution in [-0.4, -0.2) is 47.4 Å². The van der Waals surface area contributed by atoms with Crippen LogP contribution in [0.25, 0.3) is 11.3 Å². The van der Waals surface area contributed by atoms with Crippen molar-refractivity contribution in [1.29, 1.82) is 0 Å². The van der Waals surface area contributed by atoms with Gasteiger partial charge in [0.25, 0.3) is 11.8 Å². The molecule has 0 saturated carbocycles. The molecule has 0 bridgehead atoms. The largest absolute Gasteiger partial charge is 0.465 e. The van der Waals surface area contributed by atoms with E-state index in [-0.39, 0.29) is 43.9 Å². The number of anilines is 1. The molecule has 0 spiro atoms. The van der Waals surface area contributed by atoms with Crippen LogP contribution in [0.5, 0.6) is 0 Å². The molecule has 0 fully saturated rings. The standard InChI is InChI=1S/C21H13Cl2N3O6/c1-31-21(30)16-17(15-12(22)7-4-8-13(15)23)25-32-18(16)24-14(27)9-26-19(28)10-5-2-3-6-11(10)20(26)29/h2-8H,9H2,1H3,(H,24,27). The molecule has 1 N–H and O–H groups in total. The SMILES string of the molecule is COC(=O)c1c(-c2c(Cl)cccc2Cl)noc1NC(=O)CN1C(=O)c2ccccc2C1=O. The highest BCUT2D eigenvalue weighted by atomic mass is 35.5. The van der Waals surface area contributed by atoms with E-state index in [1.165, 1.54) is 12.1 Å². The summed E-state index contributed by atoms with van der Waals surface area (Å²) in [5.74, 6) is -3.21. The first-order chi connectivity index (χ1) is 15.3. The average Bonchev–Trinajstić information content (AvgIpc) is 3.28. The third kappa shape index (κ3) is 3.61. The lowest BCUT2D eigenvalue weighted by atomic mass is 10.1. The summed E-state index contributed by atoms with van der Waals surface area (Å²) in [6.45, 7) is -0.601. The second-order valence-electron chi connectivity index (χ2n) is 6.61. The zero-order chi connectivity index (χ0) is 23.0. The smallest absolute Gasteiger partial charge is 0.345 e. The Kier molecular flexibility index (Phi) is 5.68. The van der Waals surface area contributed by atoms with Crippen molar-refractivity contribution in [3.8, 4) is 11.3 Å². The fourth-order valence-electron chi connectivity index (χ4n) is 3.25. The first kappa shape index (κ1) is 21.5. The molecule has 0 unspecified atom stereocenters. The predicted molar refractivity (Wildman–Crippen MR) is 114 cm³/mol. The van der Waals surface area contributed by atoms with Gasteiger partial charge in [0.15, 0.2) is 5.56 Å². The number of amides is 3. The van der Waals surface area contributed by atoms with Gasteiger partial charge in [0, 0.05) is 5.56 Å². The van der Waals surface area contributed by atoms with Crippen molar-refractivity contribution in [3.63, 3.8) is 0 Å². The van der Waals surface area contributed by atoms with E-state index in [9.17, 15) is 19.2 Å². The molecule has 4 rings (SSSR count). The number of nitrogens with one attached hydrogen (secondary N) is 1. The van der Waals surface area contributed by atoms with Crippen LogP contribution in [-0.2, 0) is 9.53 Å². The van der Waals surface area contributed by atoms with Gasteiger partial charge < -0.3 is 9.26 Å². The molecule has 3 amide bonds. The van der Waals surface area contributed by atoms with Crippen LogP contribution in [0.15, 0.2) is 47.0 Å². The summed E-state index contributed by atoms with van der Waals surface area (Å²) in [7, 11) is 1.14. The lowest BCUT2D eigenvalue weighted by Gasteiger charge is -2.13. The van der Waals surface area contributed by atoms with Gasteiger partial charge >= 0.3 is 5.97 Å². The number of aromatic nitrogens is 1. The highest BCUT2D eigenvalue weighted by Crippen LogP contribution is 2.38. The zero-order valence-corrected chi connectivity index (χ0v) is 17.9. The number of esters is 1. The van der Waals surface area contributed by atoms with E-state index in [1.54, 1.807) is 30.3 Å². The Hall–Kier alpha value is -3.69. The Morgan fingerprint density at radius 2 is 1.62 bits per heavy atom. The van der Waals surface area contributed by atoms with Crippen LogP contribution in [0.4, 0.5) is 5.88 Å². The van der Waals surface area contributed by atoms with Gasteiger partial charge in [0.1, 0.15) is 12.2 Å². The van der Waals surface area contributed by atoms with Gasteiger partial charge in [-0.1, -0.05) is 46.6 Å². The van der Waals surface area contributed by atoms with Crippen molar-refractivity contribution in [2.75, 3.05) is 19.0 Å². The van der Waals surface area contributed by atoms with Gasteiger partial charge in [0.2, 0.25) is 11.8 Å². The topological polar surface area (TPSA) is 119 Å². The van der Waals surface area contributed by atoms with Crippen LogP contribution in [0.3, 0.4) is 0 Å². The predicted octanol–water partition coefficient (Wildman–Crippen LogP) is 3.67. The van der Waals surface area contributed by atoms with Crippen molar-refractivity contribution < 1.29 is 28.4 Å². The molecular weight excluding hydrogens is 461 g/mol. The molecule has 11 heteroatoms. The second-order valence-corrected chi connectivity index (χ2v) is 7.43. The molecule has 0 atom stereocenters. The van der Waals surface area contributed by atoms with E-state index in [1.807, 2.05) is 0 Å². The molecule has 32 heavy (non-hydrogen) atoms. The first-order valence-electron chi connectivity index (χ1n) is 9.11. The quantitative estimate of drug-likeness (QED) is 0.443. The van der Waals surface area contributed by atoms with Gasteiger partial charge in [-0.15, -0.1) is 0 Å². The summed E-state index contributed by atoms with van der Waals surface area (Å²) in [6, 6.07) is 10.9. The monoisotopic (exact) mass is 473 g/mol. The molecule has 0 aliphatic carbocycles.